The Balaban J connectivity index is 1.49. The van der Waals surface area contributed by atoms with Crippen molar-refractivity contribution in [3.05, 3.63) is 53.6 Å². The summed E-state index contributed by atoms with van der Waals surface area (Å²) in [6.45, 7) is 7.02. The maximum absolute atomic E-state index is 14.1. The van der Waals surface area contributed by atoms with Crippen LogP contribution in [0.25, 0.3) is 0 Å². The van der Waals surface area contributed by atoms with E-state index in [0.29, 0.717) is 23.5 Å². The third-order valence-corrected chi connectivity index (χ3v) is 9.02. The highest BCUT2D eigenvalue weighted by Crippen LogP contribution is 2.45. The molecule has 2 aromatic rings. The van der Waals surface area contributed by atoms with Crippen LogP contribution >= 0.6 is 0 Å². The fourth-order valence-corrected chi connectivity index (χ4v) is 7.14. The van der Waals surface area contributed by atoms with Gasteiger partial charge in [-0.2, -0.15) is 8.42 Å². The number of Topliss-reactive ketones (excluding diaryl/α,β-unsaturated/α-hetero) is 2. The largest absolute Gasteiger partial charge is 0.444 e. The molecular weight excluding hydrogens is 518 g/mol. The van der Waals surface area contributed by atoms with Crippen LogP contribution in [0, 0.1) is 11.8 Å². The number of carbonyl (C=O) groups is 3. The minimum Gasteiger partial charge on any atom is -0.444 e. The first kappa shape index (κ1) is 27.1. The maximum atomic E-state index is 14.1. The summed E-state index contributed by atoms with van der Waals surface area (Å²) in [5.74, 6) is -2.01. The average Bonchev–Trinajstić information content (AvgIpc) is 3.35. The molecule has 1 fully saturated rings. The van der Waals surface area contributed by atoms with Crippen molar-refractivity contribution in [2.45, 2.75) is 75.7 Å². The molecule has 1 heterocycles. The van der Waals surface area contributed by atoms with Crippen molar-refractivity contribution < 1.29 is 27.5 Å². The zero-order valence-corrected chi connectivity index (χ0v) is 23.4. The Morgan fingerprint density at radius 2 is 1.82 bits per heavy atom. The van der Waals surface area contributed by atoms with Crippen molar-refractivity contribution in [3.63, 3.8) is 0 Å². The Morgan fingerprint density at radius 1 is 1.13 bits per heavy atom. The van der Waals surface area contributed by atoms with Gasteiger partial charge >= 0.3 is 6.09 Å². The number of nitrogens with one attached hydrogen (secondary N) is 2. The average molecular weight is 552 g/mol. The number of hydrogen-bond acceptors (Lipinski definition) is 7. The summed E-state index contributed by atoms with van der Waals surface area (Å²) in [5, 5.41) is 5.47. The molecule has 3 aliphatic rings. The van der Waals surface area contributed by atoms with Gasteiger partial charge in [-0.05, 0) is 63.8 Å². The second kappa shape index (κ2) is 9.59. The zero-order valence-electron chi connectivity index (χ0n) is 22.5. The molecule has 2 atom stereocenters. The van der Waals surface area contributed by atoms with Crippen molar-refractivity contribution in [2.24, 2.45) is 16.2 Å². The molecule has 0 aromatic heterocycles. The lowest BCUT2D eigenvalue weighted by molar-refractivity contribution is -0.126. The van der Waals surface area contributed by atoms with Crippen molar-refractivity contribution >= 4 is 44.9 Å². The molecule has 1 amide bonds. The molecule has 2 aromatic carbocycles. The molecule has 2 N–H and O–H groups in total. The van der Waals surface area contributed by atoms with Crippen LogP contribution in [0.1, 0.15) is 75.7 Å². The molecule has 10 heteroatoms. The van der Waals surface area contributed by atoms with Crippen LogP contribution in [0.4, 0.5) is 16.2 Å². The molecular formula is C29H33N3O6S. The second-order valence-electron chi connectivity index (χ2n) is 11.8. The van der Waals surface area contributed by atoms with Crippen LogP contribution in [0.5, 0.6) is 0 Å². The van der Waals surface area contributed by atoms with Crippen molar-refractivity contribution in [1.82, 2.24) is 0 Å². The minimum atomic E-state index is -4.29. The SMILES string of the molecule is CC(C)(C)OC(=O)Nc1ccc2c(c1)S(=O)(=O)N=C(C1C(=O)c3ccccc3C(C)(CC3CCCC3)C1=O)N2. The van der Waals surface area contributed by atoms with Crippen molar-refractivity contribution in [2.75, 3.05) is 10.6 Å². The van der Waals surface area contributed by atoms with E-state index in [9.17, 15) is 22.8 Å². The quantitative estimate of drug-likeness (QED) is 0.482. The summed E-state index contributed by atoms with van der Waals surface area (Å²) < 4.78 is 35.8. The van der Waals surface area contributed by atoms with Crippen LogP contribution in [-0.4, -0.2) is 37.5 Å². The molecule has 2 unspecified atom stereocenters. The third kappa shape index (κ3) is 5.09. The Hall–Kier alpha value is -3.53. The van der Waals surface area contributed by atoms with E-state index < -0.39 is 38.8 Å². The van der Waals surface area contributed by atoms with E-state index >= 15 is 0 Å². The van der Waals surface area contributed by atoms with Gasteiger partial charge in [-0.25, -0.2) is 4.79 Å². The number of ketones is 2. The summed E-state index contributed by atoms with van der Waals surface area (Å²) in [6.07, 6.45) is 4.17. The molecule has 0 radical (unpaired) electrons. The first-order valence-corrected chi connectivity index (χ1v) is 14.7. The maximum Gasteiger partial charge on any atom is 0.412 e. The lowest BCUT2D eigenvalue weighted by Crippen LogP contribution is -2.52. The van der Waals surface area contributed by atoms with Gasteiger partial charge < -0.3 is 10.1 Å². The number of benzene rings is 2. The van der Waals surface area contributed by atoms with Gasteiger partial charge in [0.2, 0.25) is 0 Å². The molecule has 0 bridgehead atoms. The van der Waals surface area contributed by atoms with Crippen LogP contribution in [-0.2, 0) is 25.0 Å². The fourth-order valence-electron chi connectivity index (χ4n) is 5.96. The Morgan fingerprint density at radius 3 is 2.51 bits per heavy atom. The summed E-state index contributed by atoms with van der Waals surface area (Å²) in [6, 6.07) is 11.4. The molecule has 1 saturated carbocycles. The molecule has 2 aliphatic carbocycles. The van der Waals surface area contributed by atoms with Gasteiger partial charge in [0.25, 0.3) is 10.0 Å². The zero-order chi connectivity index (χ0) is 28.2. The molecule has 0 spiro atoms. The van der Waals surface area contributed by atoms with Crippen LogP contribution in [0.2, 0.25) is 0 Å². The van der Waals surface area contributed by atoms with E-state index in [1.165, 1.54) is 18.2 Å². The summed E-state index contributed by atoms with van der Waals surface area (Å²) in [5.41, 5.74) is -0.177. The summed E-state index contributed by atoms with van der Waals surface area (Å²) in [7, 11) is -4.29. The van der Waals surface area contributed by atoms with Gasteiger partial charge in [0.1, 0.15) is 22.3 Å². The molecule has 0 saturated heterocycles. The van der Waals surface area contributed by atoms with E-state index in [4.69, 9.17) is 4.74 Å². The third-order valence-electron chi connectivity index (χ3n) is 7.69. The number of ether oxygens (including phenoxy) is 1. The van der Waals surface area contributed by atoms with Crippen LogP contribution in [0.3, 0.4) is 0 Å². The predicted molar refractivity (Wildman–Crippen MR) is 148 cm³/mol. The first-order chi connectivity index (χ1) is 18.3. The number of anilines is 2. The van der Waals surface area contributed by atoms with E-state index in [-0.39, 0.29) is 27.9 Å². The second-order valence-corrected chi connectivity index (χ2v) is 13.4. The van der Waals surface area contributed by atoms with Gasteiger partial charge in [-0.3, -0.25) is 14.9 Å². The fraction of sp³-hybridized carbons (Fsp3) is 0.448. The van der Waals surface area contributed by atoms with Crippen molar-refractivity contribution in [1.29, 1.82) is 0 Å². The number of hydrogen-bond donors (Lipinski definition) is 2. The first-order valence-electron chi connectivity index (χ1n) is 13.2. The predicted octanol–water partition coefficient (Wildman–Crippen LogP) is 5.47. The number of amides is 1. The number of nitrogens with zero attached hydrogens (tertiary/aromatic N) is 1. The smallest absolute Gasteiger partial charge is 0.412 e. The topological polar surface area (TPSA) is 131 Å². The van der Waals surface area contributed by atoms with E-state index in [2.05, 4.69) is 15.0 Å². The number of amidine groups is 1. The Bertz CT molecular complexity index is 1500. The molecule has 206 valence electrons. The minimum absolute atomic E-state index is 0.173. The van der Waals surface area contributed by atoms with E-state index in [1.54, 1.807) is 32.9 Å². The molecule has 1 aliphatic heterocycles. The number of fused-ring (bicyclic) bond motifs is 2. The molecule has 5 rings (SSSR count). The Kier molecular flexibility index (Phi) is 6.65. The van der Waals surface area contributed by atoms with Gasteiger partial charge in [-0.15, -0.1) is 4.40 Å². The number of sulfonamides is 1. The summed E-state index contributed by atoms with van der Waals surface area (Å²) in [4.78, 5) is 39.8. The monoisotopic (exact) mass is 551 g/mol. The lowest BCUT2D eigenvalue weighted by Gasteiger charge is -2.40. The van der Waals surface area contributed by atoms with E-state index in [0.717, 1.165) is 25.7 Å². The molecule has 39 heavy (non-hydrogen) atoms. The molecule has 9 nitrogen and oxygen atoms in total. The van der Waals surface area contributed by atoms with Crippen molar-refractivity contribution in [3.8, 4) is 0 Å². The number of rotatable bonds is 4. The highest BCUT2D eigenvalue weighted by atomic mass is 32.2. The highest BCUT2D eigenvalue weighted by Gasteiger charge is 2.52. The number of carbonyl (C=O) groups excluding carboxylic acids is 3. The Labute approximate surface area is 228 Å². The van der Waals surface area contributed by atoms with Gasteiger partial charge in [-0.1, -0.05) is 49.9 Å². The van der Waals surface area contributed by atoms with E-state index in [1.807, 2.05) is 19.1 Å². The van der Waals surface area contributed by atoms with Gasteiger partial charge in [0.05, 0.1) is 11.1 Å². The highest BCUT2D eigenvalue weighted by molar-refractivity contribution is 7.90. The summed E-state index contributed by atoms with van der Waals surface area (Å²) >= 11 is 0. The standard InChI is InChI=1S/C29H33N3O6S/c1-28(2,3)38-27(35)30-18-13-14-21-22(15-18)39(36,37)32-26(31-21)23-24(33)19-11-7-8-12-20(19)29(4,25(23)34)16-17-9-5-6-10-17/h7-8,11-15,17,23H,5-6,9-10,16H2,1-4H3,(H,30,35)(H,31,32). The van der Waals surface area contributed by atoms with Crippen LogP contribution < -0.4 is 10.6 Å². The van der Waals surface area contributed by atoms with Crippen LogP contribution in [0.15, 0.2) is 51.8 Å². The lowest BCUT2D eigenvalue weighted by atomic mass is 9.62. The normalized spacial score (nSPS) is 24.3. The van der Waals surface area contributed by atoms with Gasteiger partial charge in [0, 0.05) is 11.3 Å². The van der Waals surface area contributed by atoms with Gasteiger partial charge in [0.15, 0.2) is 11.6 Å².